The predicted molar refractivity (Wildman–Crippen MR) is 81.3 cm³/mol. The Morgan fingerprint density at radius 2 is 2.15 bits per heavy atom. The number of urea groups is 1. The number of carboxylic acids is 1. The predicted octanol–water partition coefficient (Wildman–Crippen LogP) is 3.03. The molecule has 0 fully saturated rings. The van der Waals surface area contributed by atoms with Gasteiger partial charge >= 0.3 is 12.0 Å². The highest BCUT2D eigenvalue weighted by Crippen LogP contribution is 2.18. The molecule has 0 aliphatic rings. The molecule has 0 radical (unpaired) electrons. The van der Waals surface area contributed by atoms with Gasteiger partial charge in [0.15, 0.2) is 0 Å². The van der Waals surface area contributed by atoms with E-state index in [4.69, 9.17) is 5.11 Å². The minimum absolute atomic E-state index is 0.272. The first kappa shape index (κ1) is 16.4. The molecule has 0 heterocycles. The molecule has 6 heteroatoms. The third-order valence-electron chi connectivity index (χ3n) is 2.85. The highest BCUT2D eigenvalue weighted by atomic mass is 32.2. The molecule has 0 saturated heterocycles. The van der Waals surface area contributed by atoms with Crippen LogP contribution in [0.1, 0.15) is 19.8 Å². The second kappa shape index (κ2) is 8.47. The van der Waals surface area contributed by atoms with Crippen LogP contribution in [-0.4, -0.2) is 29.9 Å². The second-order valence-corrected chi connectivity index (χ2v) is 5.37. The molecule has 110 valence electrons. The molecule has 0 spiro atoms. The number of hydrogen-bond donors (Lipinski definition) is 3. The zero-order valence-electron chi connectivity index (χ0n) is 11.7. The maximum absolute atomic E-state index is 11.6. The zero-order chi connectivity index (χ0) is 15.0. The summed E-state index contributed by atoms with van der Waals surface area (Å²) in [5, 5.41) is 14.2. The quantitative estimate of drug-likeness (QED) is 0.534. The molecule has 0 aromatic heterocycles. The van der Waals surface area contributed by atoms with Crippen molar-refractivity contribution in [1.82, 2.24) is 5.32 Å². The van der Waals surface area contributed by atoms with E-state index >= 15 is 0 Å². The van der Waals surface area contributed by atoms with Crippen molar-refractivity contribution in [2.45, 2.75) is 24.7 Å². The summed E-state index contributed by atoms with van der Waals surface area (Å²) >= 11 is 1.61. The lowest BCUT2D eigenvalue weighted by Crippen LogP contribution is -2.29. The molecule has 5 nitrogen and oxygen atoms in total. The molecule has 1 unspecified atom stereocenters. The number of benzene rings is 1. The molecule has 1 atom stereocenters. The van der Waals surface area contributed by atoms with Crippen LogP contribution in [-0.2, 0) is 4.79 Å². The summed E-state index contributed by atoms with van der Waals surface area (Å²) < 4.78 is 0. The van der Waals surface area contributed by atoms with E-state index < -0.39 is 5.97 Å². The fraction of sp³-hybridized carbons (Fsp3) is 0.429. The first-order valence-corrected chi connectivity index (χ1v) is 7.67. The van der Waals surface area contributed by atoms with E-state index in [9.17, 15) is 9.59 Å². The van der Waals surface area contributed by atoms with Gasteiger partial charge in [-0.2, -0.15) is 0 Å². The van der Waals surface area contributed by atoms with Crippen LogP contribution in [0.4, 0.5) is 10.5 Å². The number of carbonyl (C=O) groups is 2. The largest absolute Gasteiger partial charge is 0.481 e. The van der Waals surface area contributed by atoms with Crippen molar-refractivity contribution in [3.63, 3.8) is 0 Å². The van der Waals surface area contributed by atoms with E-state index in [0.717, 1.165) is 10.6 Å². The summed E-state index contributed by atoms with van der Waals surface area (Å²) in [6.07, 6.45) is 3.17. The maximum atomic E-state index is 11.6. The van der Waals surface area contributed by atoms with Crippen LogP contribution < -0.4 is 10.6 Å². The molecule has 1 rings (SSSR count). The third-order valence-corrected chi connectivity index (χ3v) is 3.57. The smallest absolute Gasteiger partial charge is 0.319 e. The summed E-state index contributed by atoms with van der Waals surface area (Å²) in [6, 6.07) is 7.31. The summed E-state index contributed by atoms with van der Waals surface area (Å²) in [5.74, 6) is -1.18. The molecule has 1 aromatic rings. The first-order valence-electron chi connectivity index (χ1n) is 6.44. The maximum Gasteiger partial charge on any atom is 0.319 e. The van der Waals surface area contributed by atoms with Gasteiger partial charge in [0.2, 0.25) is 0 Å². The van der Waals surface area contributed by atoms with Crippen LogP contribution in [0.3, 0.4) is 0 Å². The second-order valence-electron chi connectivity index (χ2n) is 4.49. The van der Waals surface area contributed by atoms with Crippen molar-refractivity contribution in [1.29, 1.82) is 0 Å². The number of carbonyl (C=O) groups excluding carboxylic acids is 1. The fourth-order valence-electron chi connectivity index (χ4n) is 1.61. The summed E-state index contributed by atoms with van der Waals surface area (Å²) in [7, 11) is 0. The Morgan fingerprint density at radius 3 is 2.80 bits per heavy atom. The van der Waals surface area contributed by atoms with Gasteiger partial charge < -0.3 is 15.7 Å². The van der Waals surface area contributed by atoms with Crippen molar-refractivity contribution in [2.75, 3.05) is 18.1 Å². The normalized spacial score (nSPS) is 11.7. The molecule has 0 aliphatic heterocycles. The summed E-state index contributed by atoms with van der Waals surface area (Å²) in [4.78, 5) is 23.4. The van der Waals surface area contributed by atoms with Crippen LogP contribution in [0.5, 0.6) is 0 Å². The lowest BCUT2D eigenvalue weighted by molar-refractivity contribution is -0.141. The van der Waals surface area contributed by atoms with Crippen molar-refractivity contribution >= 4 is 29.4 Å². The minimum atomic E-state index is -0.802. The Morgan fingerprint density at radius 1 is 1.40 bits per heavy atom. The van der Waals surface area contributed by atoms with Gasteiger partial charge in [-0.05, 0) is 37.3 Å². The number of aliphatic carboxylic acids is 1. The first-order chi connectivity index (χ1) is 9.52. The Bertz CT molecular complexity index is 465. The Balaban J connectivity index is 2.28. The number of hydrogen-bond acceptors (Lipinski definition) is 3. The van der Waals surface area contributed by atoms with Crippen molar-refractivity contribution in [3.8, 4) is 0 Å². The van der Waals surface area contributed by atoms with E-state index in [1.165, 1.54) is 0 Å². The van der Waals surface area contributed by atoms with Gasteiger partial charge in [-0.1, -0.05) is 13.0 Å². The van der Waals surface area contributed by atoms with E-state index in [1.54, 1.807) is 18.7 Å². The summed E-state index contributed by atoms with van der Waals surface area (Å²) in [6.45, 7) is 2.13. The molecule has 1 aromatic carbocycles. The van der Waals surface area contributed by atoms with Crippen molar-refractivity contribution < 1.29 is 14.7 Å². The van der Waals surface area contributed by atoms with Crippen LogP contribution in [0, 0.1) is 5.92 Å². The highest BCUT2D eigenvalue weighted by Gasteiger charge is 2.10. The Labute approximate surface area is 123 Å². The Hall–Kier alpha value is -1.69. The zero-order valence-corrected chi connectivity index (χ0v) is 12.5. The van der Waals surface area contributed by atoms with Gasteiger partial charge in [-0.25, -0.2) is 4.79 Å². The topological polar surface area (TPSA) is 78.4 Å². The van der Waals surface area contributed by atoms with Crippen LogP contribution in [0.2, 0.25) is 0 Å². The molecule has 0 bridgehead atoms. The molecule has 2 amide bonds. The number of nitrogens with one attached hydrogen (secondary N) is 2. The third kappa shape index (κ3) is 5.97. The van der Waals surface area contributed by atoms with E-state index in [1.807, 2.05) is 30.5 Å². The number of rotatable bonds is 7. The lowest BCUT2D eigenvalue weighted by atomic mass is 10.1. The monoisotopic (exact) mass is 296 g/mol. The molecule has 0 aliphatic carbocycles. The molecule has 3 N–H and O–H groups in total. The van der Waals surface area contributed by atoms with E-state index in [-0.39, 0.29) is 11.9 Å². The highest BCUT2D eigenvalue weighted by molar-refractivity contribution is 7.98. The van der Waals surface area contributed by atoms with E-state index in [0.29, 0.717) is 19.4 Å². The number of anilines is 1. The molecule has 0 saturated carbocycles. The number of amides is 2. The van der Waals surface area contributed by atoms with Gasteiger partial charge in [0.1, 0.15) is 0 Å². The minimum Gasteiger partial charge on any atom is -0.481 e. The standard InChI is InChI=1S/C14H20N2O3S/c1-10(13(17)18)5-4-8-15-14(19)16-11-6-3-7-12(9-11)20-2/h3,6-7,9-10H,4-5,8H2,1-2H3,(H,17,18)(H2,15,16,19). The molecule has 20 heavy (non-hydrogen) atoms. The number of carboxylic acid groups (broad SMARTS) is 1. The van der Waals surface area contributed by atoms with Crippen LogP contribution in [0.15, 0.2) is 29.2 Å². The average molecular weight is 296 g/mol. The average Bonchev–Trinajstić information content (AvgIpc) is 2.43. The van der Waals surface area contributed by atoms with Gasteiger partial charge in [-0.3, -0.25) is 4.79 Å². The van der Waals surface area contributed by atoms with Gasteiger partial charge in [-0.15, -0.1) is 11.8 Å². The SMILES string of the molecule is CSc1cccc(NC(=O)NCCCC(C)C(=O)O)c1. The summed E-state index contributed by atoms with van der Waals surface area (Å²) in [5.41, 5.74) is 0.744. The van der Waals surface area contributed by atoms with Gasteiger partial charge in [0.05, 0.1) is 5.92 Å². The van der Waals surface area contributed by atoms with E-state index in [2.05, 4.69) is 10.6 Å². The van der Waals surface area contributed by atoms with Crippen molar-refractivity contribution in [2.24, 2.45) is 5.92 Å². The van der Waals surface area contributed by atoms with Crippen LogP contribution in [0.25, 0.3) is 0 Å². The van der Waals surface area contributed by atoms with Gasteiger partial charge in [0, 0.05) is 17.1 Å². The fourth-order valence-corrected chi connectivity index (χ4v) is 2.07. The van der Waals surface area contributed by atoms with Crippen LogP contribution >= 0.6 is 11.8 Å². The lowest BCUT2D eigenvalue weighted by Gasteiger charge is -2.09. The molecular weight excluding hydrogens is 276 g/mol. The molecular formula is C14H20N2O3S. The number of thioether (sulfide) groups is 1. The van der Waals surface area contributed by atoms with Crippen molar-refractivity contribution in [3.05, 3.63) is 24.3 Å². The Kier molecular flexibility index (Phi) is 6.93. The van der Waals surface area contributed by atoms with Gasteiger partial charge in [0.25, 0.3) is 0 Å².